The summed E-state index contributed by atoms with van der Waals surface area (Å²) in [7, 11) is 0. The van der Waals surface area contributed by atoms with Gasteiger partial charge >= 0.3 is 0 Å². The van der Waals surface area contributed by atoms with Crippen LogP contribution in [0.2, 0.25) is 0 Å². The molecule has 1 aliphatic carbocycles. The van der Waals surface area contributed by atoms with E-state index in [0.717, 1.165) is 29.6 Å². The number of rotatable bonds is 4. The monoisotopic (exact) mass is 376 g/mol. The Kier molecular flexibility index (Phi) is 6.18. The molecule has 156 valence electrons. The van der Waals surface area contributed by atoms with E-state index in [4.69, 9.17) is 0 Å². The molecule has 0 aromatic carbocycles. The Labute approximate surface area is 168 Å². The molecule has 1 saturated carbocycles. The van der Waals surface area contributed by atoms with Gasteiger partial charge in [-0.3, -0.25) is 9.80 Å². The van der Waals surface area contributed by atoms with Crippen molar-refractivity contribution in [2.24, 2.45) is 5.41 Å². The van der Waals surface area contributed by atoms with Crippen LogP contribution in [0.25, 0.3) is 0 Å². The van der Waals surface area contributed by atoms with Crippen molar-refractivity contribution < 1.29 is 0 Å². The predicted octanol–water partition coefficient (Wildman–Crippen LogP) is 3.13. The summed E-state index contributed by atoms with van der Waals surface area (Å²) in [5.74, 6) is 0. The second-order valence-corrected chi connectivity index (χ2v) is 10.6. The van der Waals surface area contributed by atoms with E-state index in [-0.39, 0.29) is 0 Å². The first-order valence-corrected chi connectivity index (χ1v) is 11.9. The standard InChI is InChI=1S/C23H44N4/c1-19(2)24-9-5-21(6-10-24)26-13-15-27(16-14-26)22-17-23(18-22)7-11-25(12-8-23)20(3)4/h19-22H,5-18H2,1-4H3. The van der Waals surface area contributed by atoms with Gasteiger partial charge in [-0.2, -0.15) is 0 Å². The van der Waals surface area contributed by atoms with Gasteiger partial charge in [-0.25, -0.2) is 0 Å². The number of nitrogens with zero attached hydrogens (tertiary/aromatic N) is 4. The molecule has 0 bridgehead atoms. The minimum absolute atomic E-state index is 0.719. The normalized spacial score (nSPS) is 30.4. The highest BCUT2D eigenvalue weighted by molar-refractivity contribution is 5.02. The van der Waals surface area contributed by atoms with Crippen LogP contribution in [0.15, 0.2) is 0 Å². The van der Waals surface area contributed by atoms with Gasteiger partial charge in [0.15, 0.2) is 0 Å². The lowest BCUT2D eigenvalue weighted by Crippen LogP contribution is -2.60. The zero-order chi connectivity index (χ0) is 19.0. The molecule has 4 rings (SSSR count). The molecular formula is C23H44N4. The highest BCUT2D eigenvalue weighted by Crippen LogP contribution is 2.51. The Hall–Kier alpha value is -0.160. The maximum Gasteiger partial charge on any atom is 0.0121 e. The molecule has 1 spiro atoms. The summed E-state index contributed by atoms with van der Waals surface area (Å²) in [5.41, 5.74) is 0.719. The largest absolute Gasteiger partial charge is 0.301 e. The van der Waals surface area contributed by atoms with Gasteiger partial charge in [0.05, 0.1) is 0 Å². The number of piperazine rings is 1. The molecule has 0 aromatic rings. The van der Waals surface area contributed by atoms with E-state index >= 15 is 0 Å². The van der Waals surface area contributed by atoms with E-state index in [1.165, 1.54) is 90.9 Å². The van der Waals surface area contributed by atoms with E-state index < -0.39 is 0 Å². The molecule has 3 heterocycles. The molecule has 0 radical (unpaired) electrons. The third-order valence-corrected chi connectivity index (χ3v) is 8.54. The fraction of sp³-hybridized carbons (Fsp3) is 1.00. The van der Waals surface area contributed by atoms with E-state index in [2.05, 4.69) is 47.3 Å². The lowest BCUT2D eigenvalue weighted by atomic mass is 9.60. The van der Waals surface area contributed by atoms with Crippen molar-refractivity contribution in [3.8, 4) is 0 Å². The van der Waals surface area contributed by atoms with Crippen molar-refractivity contribution >= 4 is 0 Å². The first-order chi connectivity index (χ1) is 13.0. The van der Waals surface area contributed by atoms with Crippen molar-refractivity contribution in [3.05, 3.63) is 0 Å². The van der Waals surface area contributed by atoms with Crippen LogP contribution in [0.5, 0.6) is 0 Å². The number of hydrogen-bond donors (Lipinski definition) is 0. The third kappa shape index (κ3) is 4.39. The van der Waals surface area contributed by atoms with Crippen LogP contribution in [0.1, 0.15) is 66.2 Å². The fourth-order valence-corrected chi connectivity index (χ4v) is 6.36. The van der Waals surface area contributed by atoms with Gasteiger partial charge in [-0.1, -0.05) is 0 Å². The van der Waals surface area contributed by atoms with E-state index in [0.29, 0.717) is 0 Å². The van der Waals surface area contributed by atoms with Crippen molar-refractivity contribution in [2.45, 2.75) is 90.4 Å². The molecule has 0 amide bonds. The summed E-state index contributed by atoms with van der Waals surface area (Å²) in [4.78, 5) is 11.0. The van der Waals surface area contributed by atoms with Crippen LogP contribution in [-0.2, 0) is 0 Å². The fourth-order valence-electron chi connectivity index (χ4n) is 6.36. The number of likely N-dealkylation sites (tertiary alicyclic amines) is 2. The summed E-state index contributed by atoms with van der Waals surface area (Å²) in [5, 5.41) is 0. The molecule has 3 aliphatic heterocycles. The summed E-state index contributed by atoms with van der Waals surface area (Å²) < 4.78 is 0. The van der Waals surface area contributed by atoms with Gasteiger partial charge in [0, 0.05) is 50.3 Å². The summed E-state index contributed by atoms with van der Waals surface area (Å²) in [6.07, 6.45) is 8.66. The molecule has 3 saturated heterocycles. The Morgan fingerprint density at radius 3 is 1.52 bits per heavy atom. The van der Waals surface area contributed by atoms with E-state index in [1.54, 1.807) is 0 Å². The molecule has 27 heavy (non-hydrogen) atoms. The molecule has 4 fully saturated rings. The van der Waals surface area contributed by atoms with Crippen LogP contribution in [0, 0.1) is 5.41 Å². The summed E-state index contributed by atoms with van der Waals surface area (Å²) in [6.45, 7) is 20.0. The Morgan fingerprint density at radius 1 is 0.593 bits per heavy atom. The number of piperidine rings is 2. The van der Waals surface area contributed by atoms with Gasteiger partial charge in [0.2, 0.25) is 0 Å². The van der Waals surface area contributed by atoms with Crippen molar-refractivity contribution in [2.75, 3.05) is 52.4 Å². The molecule has 0 unspecified atom stereocenters. The lowest BCUT2D eigenvalue weighted by molar-refractivity contribution is -0.0643. The topological polar surface area (TPSA) is 13.0 Å². The molecule has 0 N–H and O–H groups in total. The van der Waals surface area contributed by atoms with E-state index in [1.807, 2.05) is 0 Å². The zero-order valence-electron chi connectivity index (χ0n) is 18.5. The first-order valence-electron chi connectivity index (χ1n) is 11.9. The molecule has 4 nitrogen and oxygen atoms in total. The summed E-state index contributed by atoms with van der Waals surface area (Å²) in [6, 6.07) is 3.22. The average Bonchev–Trinajstić information content (AvgIpc) is 2.66. The van der Waals surface area contributed by atoms with Gasteiger partial charge < -0.3 is 9.80 Å². The maximum atomic E-state index is 2.85. The van der Waals surface area contributed by atoms with Gasteiger partial charge in [0.1, 0.15) is 0 Å². The average molecular weight is 377 g/mol. The van der Waals surface area contributed by atoms with Crippen LogP contribution in [0.3, 0.4) is 0 Å². The second-order valence-electron chi connectivity index (χ2n) is 10.6. The first kappa shape index (κ1) is 20.1. The molecule has 0 aromatic heterocycles. The smallest absolute Gasteiger partial charge is 0.0121 e. The van der Waals surface area contributed by atoms with Gasteiger partial charge in [-0.05, 0) is 97.8 Å². The third-order valence-electron chi connectivity index (χ3n) is 8.54. The van der Waals surface area contributed by atoms with Crippen LogP contribution in [-0.4, -0.2) is 96.1 Å². The minimum atomic E-state index is 0.719. The van der Waals surface area contributed by atoms with Crippen LogP contribution >= 0.6 is 0 Å². The minimum Gasteiger partial charge on any atom is -0.301 e. The lowest BCUT2D eigenvalue weighted by Gasteiger charge is -2.57. The predicted molar refractivity (Wildman–Crippen MR) is 114 cm³/mol. The second kappa shape index (κ2) is 8.30. The molecule has 4 heteroatoms. The van der Waals surface area contributed by atoms with Crippen molar-refractivity contribution in [1.82, 2.24) is 19.6 Å². The molecule has 4 aliphatic rings. The molecule has 0 atom stereocenters. The number of hydrogen-bond acceptors (Lipinski definition) is 4. The maximum absolute atomic E-state index is 2.85. The Morgan fingerprint density at radius 2 is 1.04 bits per heavy atom. The highest BCUT2D eigenvalue weighted by atomic mass is 15.3. The quantitative estimate of drug-likeness (QED) is 0.747. The van der Waals surface area contributed by atoms with Crippen molar-refractivity contribution in [3.63, 3.8) is 0 Å². The van der Waals surface area contributed by atoms with Crippen molar-refractivity contribution in [1.29, 1.82) is 0 Å². The highest BCUT2D eigenvalue weighted by Gasteiger charge is 2.48. The van der Waals surface area contributed by atoms with Crippen LogP contribution < -0.4 is 0 Å². The SMILES string of the molecule is CC(C)N1CCC(N2CCN(C3CC4(CCN(C(C)C)CC4)C3)CC2)CC1. The van der Waals surface area contributed by atoms with E-state index in [9.17, 15) is 0 Å². The van der Waals surface area contributed by atoms with Gasteiger partial charge in [0.25, 0.3) is 0 Å². The van der Waals surface area contributed by atoms with Gasteiger partial charge in [-0.15, -0.1) is 0 Å². The van der Waals surface area contributed by atoms with Crippen LogP contribution in [0.4, 0.5) is 0 Å². The Bertz CT molecular complexity index is 459. The summed E-state index contributed by atoms with van der Waals surface area (Å²) >= 11 is 0. The molecular weight excluding hydrogens is 332 g/mol. The Balaban J connectivity index is 1.17. The zero-order valence-corrected chi connectivity index (χ0v) is 18.5.